The average Bonchev–Trinajstić information content (AvgIpc) is 3.12. The fourth-order valence-electron chi connectivity index (χ4n) is 2.35. The highest BCUT2D eigenvalue weighted by molar-refractivity contribution is 5.70. The van der Waals surface area contributed by atoms with Crippen LogP contribution in [0, 0.1) is 0 Å². The molecule has 3 rings (SSSR count). The van der Waals surface area contributed by atoms with Crippen LogP contribution in [0.25, 0.3) is 11.5 Å². The van der Waals surface area contributed by atoms with Gasteiger partial charge in [0.25, 0.3) is 0 Å². The first-order valence-corrected chi connectivity index (χ1v) is 8.20. The third kappa shape index (κ3) is 5.09. The van der Waals surface area contributed by atoms with Crippen LogP contribution in [-0.2, 0) is 13.0 Å². The van der Waals surface area contributed by atoms with Crippen LogP contribution < -0.4 is 21.3 Å². The Labute approximate surface area is 151 Å². The van der Waals surface area contributed by atoms with Crippen molar-refractivity contribution in [2.75, 3.05) is 6.61 Å². The van der Waals surface area contributed by atoms with Crippen molar-refractivity contribution in [1.29, 1.82) is 0 Å². The Hall–Kier alpha value is -3.32. The predicted molar refractivity (Wildman–Crippen MR) is 97.1 cm³/mol. The lowest BCUT2D eigenvalue weighted by Crippen LogP contribution is -2.40. The summed E-state index contributed by atoms with van der Waals surface area (Å²) in [6, 6.07) is 16.7. The SMILES string of the molecule is NC(=O)NNCc1ccc(OCCc2coc(-c3ccccc3)n2)cc1. The molecule has 1 aromatic heterocycles. The summed E-state index contributed by atoms with van der Waals surface area (Å²) in [5.74, 6) is 1.38. The molecule has 134 valence electrons. The minimum atomic E-state index is -0.617. The van der Waals surface area contributed by atoms with Crippen molar-refractivity contribution < 1.29 is 13.9 Å². The molecule has 0 spiro atoms. The van der Waals surface area contributed by atoms with E-state index in [0.717, 1.165) is 22.6 Å². The molecule has 0 saturated carbocycles. The van der Waals surface area contributed by atoms with Crippen LogP contribution in [-0.4, -0.2) is 17.6 Å². The summed E-state index contributed by atoms with van der Waals surface area (Å²) in [6.07, 6.45) is 2.31. The van der Waals surface area contributed by atoms with Crippen molar-refractivity contribution in [3.63, 3.8) is 0 Å². The Bertz CT molecular complexity index is 832. The van der Waals surface area contributed by atoms with Crippen LogP contribution in [0.3, 0.4) is 0 Å². The summed E-state index contributed by atoms with van der Waals surface area (Å²) in [5, 5.41) is 0. The van der Waals surface area contributed by atoms with Crippen LogP contribution in [0.1, 0.15) is 11.3 Å². The average molecular weight is 352 g/mol. The normalized spacial score (nSPS) is 10.5. The summed E-state index contributed by atoms with van der Waals surface area (Å²) >= 11 is 0. The number of benzene rings is 2. The number of oxazole rings is 1. The van der Waals surface area contributed by atoms with Crippen LogP contribution in [0.15, 0.2) is 65.3 Å². The molecule has 0 aliphatic carbocycles. The number of carbonyl (C=O) groups is 1. The van der Waals surface area contributed by atoms with E-state index >= 15 is 0 Å². The van der Waals surface area contributed by atoms with Gasteiger partial charge >= 0.3 is 6.03 Å². The van der Waals surface area contributed by atoms with Gasteiger partial charge in [-0.15, -0.1) is 0 Å². The maximum Gasteiger partial charge on any atom is 0.326 e. The highest BCUT2D eigenvalue weighted by Gasteiger charge is 2.06. The highest BCUT2D eigenvalue weighted by atomic mass is 16.5. The van der Waals surface area contributed by atoms with E-state index in [0.29, 0.717) is 25.5 Å². The molecule has 0 unspecified atom stereocenters. The number of rotatable bonds is 8. The number of primary amides is 1. The van der Waals surface area contributed by atoms with Gasteiger partial charge in [0.15, 0.2) is 0 Å². The molecule has 0 fully saturated rings. The second-order valence-electron chi connectivity index (χ2n) is 5.60. The summed E-state index contributed by atoms with van der Waals surface area (Å²) in [6.45, 7) is 0.978. The van der Waals surface area contributed by atoms with E-state index in [4.69, 9.17) is 14.9 Å². The molecule has 4 N–H and O–H groups in total. The summed E-state index contributed by atoms with van der Waals surface area (Å²) < 4.78 is 11.2. The van der Waals surface area contributed by atoms with E-state index in [1.807, 2.05) is 54.6 Å². The fourth-order valence-corrected chi connectivity index (χ4v) is 2.35. The monoisotopic (exact) mass is 352 g/mol. The standard InChI is InChI=1S/C19H20N4O3/c20-19(24)23-21-12-14-6-8-17(9-7-14)25-11-10-16-13-26-18(22-16)15-4-2-1-3-5-15/h1-9,13,21H,10-12H2,(H3,20,23,24). The van der Waals surface area contributed by atoms with Gasteiger partial charge in [0.05, 0.1) is 12.3 Å². The number of hydrogen-bond acceptors (Lipinski definition) is 5. The van der Waals surface area contributed by atoms with Crippen LogP contribution in [0.2, 0.25) is 0 Å². The van der Waals surface area contributed by atoms with Gasteiger partial charge in [0, 0.05) is 18.5 Å². The number of aromatic nitrogens is 1. The minimum Gasteiger partial charge on any atom is -0.493 e. The molecular weight excluding hydrogens is 332 g/mol. The lowest BCUT2D eigenvalue weighted by Gasteiger charge is -2.07. The molecule has 7 heteroatoms. The molecule has 0 atom stereocenters. The maximum atomic E-state index is 10.6. The first-order valence-electron chi connectivity index (χ1n) is 8.20. The van der Waals surface area contributed by atoms with E-state index in [1.165, 1.54) is 0 Å². The Morgan fingerprint density at radius 3 is 2.62 bits per heavy atom. The topological polar surface area (TPSA) is 102 Å². The molecule has 0 aliphatic heterocycles. The largest absolute Gasteiger partial charge is 0.493 e. The van der Waals surface area contributed by atoms with Crippen molar-refractivity contribution in [3.8, 4) is 17.2 Å². The zero-order valence-electron chi connectivity index (χ0n) is 14.1. The Morgan fingerprint density at radius 2 is 1.88 bits per heavy atom. The zero-order valence-corrected chi connectivity index (χ0v) is 14.1. The molecule has 0 radical (unpaired) electrons. The number of amides is 2. The molecular formula is C19H20N4O3. The molecule has 7 nitrogen and oxygen atoms in total. The van der Waals surface area contributed by atoms with Gasteiger partial charge in [0.1, 0.15) is 12.0 Å². The number of carbonyl (C=O) groups excluding carboxylic acids is 1. The van der Waals surface area contributed by atoms with E-state index in [2.05, 4.69) is 15.8 Å². The van der Waals surface area contributed by atoms with Crippen molar-refractivity contribution >= 4 is 6.03 Å². The van der Waals surface area contributed by atoms with E-state index in [-0.39, 0.29) is 0 Å². The fraction of sp³-hybridized carbons (Fsp3) is 0.158. The van der Waals surface area contributed by atoms with Crippen molar-refractivity contribution in [1.82, 2.24) is 15.8 Å². The molecule has 26 heavy (non-hydrogen) atoms. The van der Waals surface area contributed by atoms with Gasteiger partial charge in [-0.25, -0.2) is 15.2 Å². The van der Waals surface area contributed by atoms with Gasteiger partial charge < -0.3 is 14.9 Å². The molecule has 2 aromatic carbocycles. The number of nitrogens with two attached hydrogens (primary N) is 1. The Kier molecular flexibility index (Phi) is 5.84. The number of ether oxygens (including phenoxy) is 1. The van der Waals surface area contributed by atoms with Gasteiger partial charge in [0.2, 0.25) is 5.89 Å². The molecule has 0 bridgehead atoms. The molecule has 0 aliphatic rings. The van der Waals surface area contributed by atoms with Crippen LogP contribution in [0.4, 0.5) is 4.79 Å². The number of nitrogens with one attached hydrogen (secondary N) is 2. The third-order valence-corrected chi connectivity index (χ3v) is 3.63. The maximum absolute atomic E-state index is 10.6. The highest BCUT2D eigenvalue weighted by Crippen LogP contribution is 2.18. The second-order valence-corrected chi connectivity index (χ2v) is 5.60. The molecule has 3 aromatic rings. The van der Waals surface area contributed by atoms with Crippen molar-refractivity contribution in [2.24, 2.45) is 5.73 Å². The van der Waals surface area contributed by atoms with Crippen LogP contribution in [0.5, 0.6) is 5.75 Å². The first-order chi connectivity index (χ1) is 12.7. The van der Waals surface area contributed by atoms with E-state index in [1.54, 1.807) is 6.26 Å². The zero-order chi connectivity index (χ0) is 18.2. The van der Waals surface area contributed by atoms with Crippen molar-refractivity contribution in [2.45, 2.75) is 13.0 Å². The first kappa shape index (κ1) is 17.5. The molecule has 2 amide bonds. The Morgan fingerprint density at radius 1 is 1.12 bits per heavy atom. The van der Waals surface area contributed by atoms with Gasteiger partial charge in [-0.2, -0.15) is 0 Å². The minimum absolute atomic E-state index is 0.477. The summed E-state index contributed by atoms with van der Waals surface area (Å²) in [7, 11) is 0. The molecule has 0 saturated heterocycles. The van der Waals surface area contributed by atoms with E-state index in [9.17, 15) is 4.79 Å². The second kappa shape index (κ2) is 8.68. The number of hydrazine groups is 1. The third-order valence-electron chi connectivity index (χ3n) is 3.63. The number of hydrogen-bond donors (Lipinski definition) is 3. The smallest absolute Gasteiger partial charge is 0.326 e. The van der Waals surface area contributed by atoms with E-state index < -0.39 is 6.03 Å². The van der Waals surface area contributed by atoms with Crippen molar-refractivity contribution in [3.05, 3.63) is 72.1 Å². The number of urea groups is 1. The summed E-state index contributed by atoms with van der Waals surface area (Å²) in [4.78, 5) is 15.1. The van der Waals surface area contributed by atoms with Gasteiger partial charge in [-0.3, -0.25) is 5.43 Å². The van der Waals surface area contributed by atoms with Crippen LogP contribution >= 0.6 is 0 Å². The Balaban J connectivity index is 1.45. The lowest BCUT2D eigenvalue weighted by atomic mass is 10.2. The quantitative estimate of drug-likeness (QED) is 0.541. The van der Waals surface area contributed by atoms with Gasteiger partial charge in [-0.05, 0) is 29.8 Å². The number of nitrogens with zero attached hydrogens (tertiary/aromatic N) is 1. The van der Waals surface area contributed by atoms with Gasteiger partial charge in [-0.1, -0.05) is 30.3 Å². The predicted octanol–water partition coefficient (Wildman–Crippen LogP) is 2.64. The molecule has 1 heterocycles. The summed E-state index contributed by atoms with van der Waals surface area (Å²) in [5.41, 5.74) is 12.8. The lowest BCUT2D eigenvalue weighted by molar-refractivity contribution is 0.244.